The van der Waals surface area contributed by atoms with Gasteiger partial charge in [0.15, 0.2) is 0 Å². The van der Waals surface area contributed by atoms with Crippen LogP contribution in [0.2, 0.25) is 0 Å². The number of fused-ring (bicyclic) bond motifs is 1. The van der Waals surface area contributed by atoms with Crippen molar-refractivity contribution in [1.82, 2.24) is 10.2 Å². The number of carbonyl (C=O) groups is 1. The average molecular weight is 258 g/mol. The van der Waals surface area contributed by atoms with Crippen molar-refractivity contribution in [2.75, 3.05) is 26.7 Å². The molecule has 2 rings (SSSR count). The standard InChI is InChI=1S/C16H22N2O/c1-13-7-8-14-6-5-11-18(10-4-3-9-17-2)16(19)15(14)12-13/h5-8,12,17H,3-4,9-11H2,1-2H3. The maximum absolute atomic E-state index is 12.5. The monoisotopic (exact) mass is 258 g/mol. The van der Waals surface area contributed by atoms with Crippen molar-refractivity contribution in [2.24, 2.45) is 0 Å². The first-order valence-electron chi connectivity index (χ1n) is 6.93. The number of benzene rings is 1. The Morgan fingerprint density at radius 3 is 2.95 bits per heavy atom. The molecular weight excluding hydrogens is 236 g/mol. The summed E-state index contributed by atoms with van der Waals surface area (Å²) in [6.45, 7) is 4.58. The second kappa shape index (κ2) is 6.53. The Kier molecular flexibility index (Phi) is 4.74. The van der Waals surface area contributed by atoms with Crippen molar-refractivity contribution in [2.45, 2.75) is 19.8 Å². The molecule has 0 spiro atoms. The molecule has 0 bridgehead atoms. The van der Waals surface area contributed by atoms with Gasteiger partial charge in [-0.3, -0.25) is 4.79 Å². The largest absolute Gasteiger partial charge is 0.335 e. The second-order valence-corrected chi connectivity index (χ2v) is 5.05. The Labute approximate surface area is 115 Å². The topological polar surface area (TPSA) is 32.3 Å². The van der Waals surface area contributed by atoms with E-state index in [-0.39, 0.29) is 5.91 Å². The summed E-state index contributed by atoms with van der Waals surface area (Å²) in [5.41, 5.74) is 3.01. The number of nitrogens with zero attached hydrogens (tertiary/aromatic N) is 1. The van der Waals surface area contributed by atoms with E-state index in [2.05, 4.69) is 23.5 Å². The predicted octanol–water partition coefficient (Wildman–Crippen LogP) is 2.46. The van der Waals surface area contributed by atoms with E-state index in [9.17, 15) is 4.79 Å². The van der Waals surface area contributed by atoms with Gasteiger partial charge in [-0.05, 0) is 45.0 Å². The molecule has 0 radical (unpaired) electrons. The van der Waals surface area contributed by atoms with E-state index in [1.165, 1.54) is 0 Å². The molecule has 1 amide bonds. The van der Waals surface area contributed by atoms with Gasteiger partial charge in [-0.25, -0.2) is 0 Å². The van der Waals surface area contributed by atoms with Gasteiger partial charge in [0.1, 0.15) is 0 Å². The highest BCUT2D eigenvalue weighted by molar-refractivity contribution is 5.98. The molecule has 19 heavy (non-hydrogen) atoms. The number of hydrogen-bond donors (Lipinski definition) is 1. The third-order valence-electron chi connectivity index (χ3n) is 3.45. The van der Waals surface area contributed by atoms with Gasteiger partial charge in [-0.15, -0.1) is 0 Å². The summed E-state index contributed by atoms with van der Waals surface area (Å²) in [6, 6.07) is 6.08. The maximum atomic E-state index is 12.5. The first kappa shape index (κ1) is 13.8. The summed E-state index contributed by atoms with van der Waals surface area (Å²) < 4.78 is 0. The molecule has 1 aromatic rings. The van der Waals surface area contributed by atoms with Crippen LogP contribution in [-0.2, 0) is 0 Å². The summed E-state index contributed by atoms with van der Waals surface area (Å²) in [4.78, 5) is 14.5. The van der Waals surface area contributed by atoms with Crippen LogP contribution in [0.1, 0.15) is 34.3 Å². The van der Waals surface area contributed by atoms with Gasteiger partial charge >= 0.3 is 0 Å². The van der Waals surface area contributed by atoms with Gasteiger partial charge in [0.25, 0.3) is 5.91 Å². The SMILES string of the molecule is CNCCCCN1CC=Cc2ccc(C)cc2C1=O. The van der Waals surface area contributed by atoms with E-state index in [1.807, 2.05) is 31.0 Å². The molecule has 1 aliphatic rings. The molecule has 0 saturated carbocycles. The minimum absolute atomic E-state index is 0.160. The summed E-state index contributed by atoms with van der Waals surface area (Å²) in [7, 11) is 1.96. The van der Waals surface area contributed by atoms with Crippen LogP contribution in [0.3, 0.4) is 0 Å². The number of carbonyl (C=O) groups excluding carboxylic acids is 1. The summed E-state index contributed by atoms with van der Waals surface area (Å²) >= 11 is 0. The third kappa shape index (κ3) is 3.44. The summed E-state index contributed by atoms with van der Waals surface area (Å²) in [5, 5.41) is 3.13. The first-order valence-corrected chi connectivity index (χ1v) is 6.93. The van der Waals surface area contributed by atoms with E-state index in [0.29, 0.717) is 6.54 Å². The molecule has 3 heteroatoms. The highest BCUT2D eigenvalue weighted by Gasteiger charge is 2.19. The van der Waals surface area contributed by atoms with Crippen molar-refractivity contribution in [3.05, 3.63) is 41.0 Å². The van der Waals surface area contributed by atoms with Crippen LogP contribution in [0.15, 0.2) is 24.3 Å². The van der Waals surface area contributed by atoms with E-state index in [0.717, 1.165) is 42.6 Å². The van der Waals surface area contributed by atoms with Gasteiger partial charge in [-0.1, -0.05) is 29.8 Å². The minimum Gasteiger partial charge on any atom is -0.335 e. The minimum atomic E-state index is 0.160. The molecule has 0 saturated heterocycles. The van der Waals surface area contributed by atoms with Crippen LogP contribution < -0.4 is 5.32 Å². The number of amides is 1. The predicted molar refractivity (Wildman–Crippen MR) is 79.3 cm³/mol. The maximum Gasteiger partial charge on any atom is 0.254 e. The Bertz CT molecular complexity index is 480. The average Bonchev–Trinajstić information content (AvgIpc) is 2.56. The lowest BCUT2D eigenvalue weighted by Crippen LogP contribution is -2.32. The summed E-state index contributed by atoms with van der Waals surface area (Å²) in [5.74, 6) is 0.160. The number of aryl methyl sites for hydroxylation is 1. The molecule has 3 nitrogen and oxygen atoms in total. The van der Waals surface area contributed by atoms with Gasteiger partial charge in [-0.2, -0.15) is 0 Å². The molecule has 1 aromatic carbocycles. The van der Waals surface area contributed by atoms with E-state index >= 15 is 0 Å². The fraction of sp³-hybridized carbons (Fsp3) is 0.438. The molecule has 1 N–H and O–H groups in total. The lowest BCUT2D eigenvalue weighted by atomic mass is 10.0. The van der Waals surface area contributed by atoms with Crippen LogP contribution in [0.5, 0.6) is 0 Å². The zero-order valence-electron chi connectivity index (χ0n) is 11.8. The number of rotatable bonds is 5. The van der Waals surface area contributed by atoms with Crippen LogP contribution >= 0.6 is 0 Å². The molecule has 0 atom stereocenters. The molecule has 0 unspecified atom stereocenters. The quantitative estimate of drug-likeness (QED) is 0.823. The smallest absolute Gasteiger partial charge is 0.254 e. The lowest BCUT2D eigenvalue weighted by molar-refractivity contribution is 0.0773. The van der Waals surface area contributed by atoms with Crippen molar-refractivity contribution >= 4 is 12.0 Å². The van der Waals surface area contributed by atoms with Crippen LogP contribution in [-0.4, -0.2) is 37.5 Å². The zero-order chi connectivity index (χ0) is 13.7. The Morgan fingerprint density at radius 1 is 1.32 bits per heavy atom. The van der Waals surface area contributed by atoms with Gasteiger partial charge in [0, 0.05) is 18.7 Å². The second-order valence-electron chi connectivity index (χ2n) is 5.05. The van der Waals surface area contributed by atoms with Crippen molar-refractivity contribution in [3.63, 3.8) is 0 Å². The van der Waals surface area contributed by atoms with E-state index in [1.54, 1.807) is 0 Å². The number of nitrogens with one attached hydrogen (secondary N) is 1. The van der Waals surface area contributed by atoms with Crippen LogP contribution in [0.4, 0.5) is 0 Å². The number of hydrogen-bond acceptors (Lipinski definition) is 2. The third-order valence-corrected chi connectivity index (χ3v) is 3.45. The molecular formula is C16H22N2O. The van der Waals surface area contributed by atoms with Gasteiger partial charge in [0.05, 0.1) is 0 Å². The number of unbranched alkanes of at least 4 members (excludes halogenated alkanes) is 1. The molecule has 0 aromatic heterocycles. The van der Waals surface area contributed by atoms with Crippen LogP contribution in [0.25, 0.3) is 6.08 Å². The molecule has 0 fully saturated rings. The molecule has 102 valence electrons. The van der Waals surface area contributed by atoms with E-state index < -0.39 is 0 Å². The summed E-state index contributed by atoms with van der Waals surface area (Å²) in [6.07, 6.45) is 6.28. The Hall–Kier alpha value is -1.61. The van der Waals surface area contributed by atoms with Crippen molar-refractivity contribution < 1.29 is 4.79 Å². The van der Waals surface area contributed by atoms with Crippen molar-refractivity contribution in [3.8, 4) is 0 Å². The molecule has 1 aliphatic heterocycles. The molecule has 1 heterocycles. The zero-order valence-corrected chi connectivity index (χ0v) is 11.8. The van der Waals surface area contributed by atoms with E-state index in [4.69, 9.17) is 0 Å². The fourth-order valence-electron chi connectivity index (χ4n) is 2.36. The Balaban J connectivity index is 2.08. The van der Waals surface area contributed by atoms with Gasteiger partial charge < -0.3 is 10.2 Å². The van der Waals surface area contributed by atoms with Crippen molar-refractivity contribution in [1.29, 1.82) is 0 Å². The first-order chi connectivity index (χ1) is 9.22. The fourth-order valence-corrected chi connectivity index (χ4v) is 2.36. The Morgan fingerprint density at radius 2 is 2.16 bits per heavy atom. The normalized spacial score (nSPS) is 14.4. The highest BCUT2D eigenvalue weighted by atomic mass is 16.2. The van der Waals surface area contributed by atoms with Gasteiger partial charge in [0.2, 0.25) is 0 Å². The highest BCUT2D eigenvalue weighted by Crippen LogP contribution is 2.19. The lowest BCUT2D eigenvalue weighted by Gasteiger charge is -2.20. The van der Waals surface area contributed by atoms with Crippen LogP contribution in [0, 0.1) is 6.92 Å². The molecule has 0 aliphatic carbocycles.